The number of hydrogen-bond donors (Lipinski definition) is 1. The van der Waals surface area contributed by atoms with Crippen LogP contribution in [-0.2, 0) is 0 Å². The van der Waals surface area contributed by atoms with E-state index in [1.54, 1.807) is 6.07 Å². The molecule has 0 saturated carbocycles. The second kappa shape index (κ2) is 7.20. The molecule has 0 radical (unpaired) electrons. The van der Waals surface area contributed by atoms with Crippen LogP contribution in [0.4, 0.5) is 0 Å². The monoisotopic (exact) mass is 332 g/mol. The van der Waals surface area contributed by atoms with Gasteiger partial charge in [0, 0.05) is 17.1 Å². The maximum absolute atomic E-state index is 12.3. The zero-order chi connectivity index (χ0) is 16.2. The smallest absolute Gasteiger partial charge is 0.287 e. The summed E-state index contributed by atoms with van der Waals surface area (Å²) >= 11 is 6.38. The number of hydrogen-bond acceptors (Lipinski definition) is 3. The quantitative estimate of drug-likeness (QED) is 0.905. The van der Waals surface area contributed by atoms with E-state index >= 15 is 0 Å². The summed E-state index contributed by atoms with van der Waals surface area (Å²) in [5.74, 6) is 0.202. The highest BCUT2D eigenvalue weighted by molar-refractivity contribution is 6.31. The molecule has 1 fully saturated rings. The first-order chi connectivity index (χ1) is 11.2. The molecule has 5 heteroatoms. The second-order valence-corrected chi connectivity index (χ2v) is 6.33. The maximum Gasteiger partial charge on any atom is 0.287 e. The molecular weight excluding hydrogens is 312 g/mol. The van der Waals surface area contributed by atoms with Crippen LogP contribution in [0.5, 0.6) is 0 Å². The van der Waals surface area contributed by atoms with E-state index in [9.17, 15) is 4.79 Å². The van der Waals surface area contributed by atoms with Crippen molar-refractivity contribution < 1.29 is 9.21 Å². The number of halogens is 1. The Morgan fingerprint density at radius 2 is 2.04 bits per heavy atom. The summed E-state index contributed by atoms with van der Waals surface area (Å²) in [7, 11) is 0. The molecule has 0 aliphatic carbocycles. The van der Waals surface area contributed by atoms with Gasteiger partial charge < -0.3 is 9.73 Å². The Hall–Kier alpha value is -1.78. The summed E-state index contributed by atoms with van der Waals surface area (Å²) in [6.45, 7) is 4.45. The fourth-order valence-electron chi connectivity index (χ4n) is 3.11. The van der Waals surface area contributed by atoms with E-state index in [2.05, 4.69) is 10.2 Å². The van der Waals surface area contributed by atoms with Gasteiger partial charge >= 0.3 is 0 Å². The van der Waals surface area contributed by atoms with Crippen molar-refractivity contribution in [2.24, 2.45) is 0 Å². The van der Waals surface area contributed by atoms with Crippen molar-refractivity contribution in [1.29, 1.82) is 0 Å². The van der Waals surface area contributed by atoms with Gasteiger partial charge in [-0.1, -0.05) is 29.8 Å². The molecule has 1 aromatic heterocycles. The summed E-state index contributed by atoms with van der Waals surface area (Å²) in [5.41, 5.74) is 1.91. The molecule has 1 aromatic carbocycles. The summed E-state index contributed by atoms with van der Waals surface area (Å²) in [4.78, 5) is 14.7. The Morgan fingerprint density at radius 1 is 1.30 bits per heavy atom. The first-order valence-electron chi connectivity index (χ1n) is 7.97. The number of rotatable bonds is 5. The first-order valence-corrected chi connectivity index (χ1v) is 8.35. The minimum absolute atomic E-state index is 0.0884. The van der Waals surface area contributed by atoms with Crippen molar-refractivity contribution in [2.75, 3.05) is 19.6 Å². The van der Waals surface area contributed by atoms with Crippen LogP contribution in [-0.4, -0.2) is 30.4 Å². The van der Waals surface area contributed by atoms with Crippen molar-refractivity contribution >= 4 is 17.5 Å². The molecule has 0 spiro atoms. The molecule has 1 amide bonds. The molecule has 1 aliphatic heterocycles. The van der Waals surface area contributed by atoms with Crippen LogP contribution in [0.1, 0.15) is 40.6 Å². The van der Waals surface area contributed by atoms with Gasteiger partial charge in [0.15, 0.2) is 5.76 Å². The molecule has 1 N–H and O–H groups in total. The standard InChI is InChI=1S/C18H21ClN2O2/c1-13-8-11-23-17(13)18(22)20-12-16(21-9-4-5-10-21)14-6-2-3-7-15(14)19/h2-3,6-8,11,16H,4-5,9-10,12H2,1H3,(H,20,22)/t16-/m1/s1. The van der Waals surface area contributed by atoms with Crippen molar-refractivity contribution in [3.63, 3.8) is 0 Å². The number of benzene rings is 1. The average Bonchev–Trinajstić information content (AvgIpc) is 3.20. The van der Waals surface area contributed by atoms with Gasteiger partial charge in [0.1, 0.15) is 0 Å². The van der Waals surface area contributed by atoms with Crippen LogP contribution < -0.4 is 5.32 Å². The Kier molecular flexibility index (Phi) is 5.03. The van der Waals surface area contributed by atoms with E-state index < -0.39 is 0 Å². The van der Waals surface area contributed by atoms with Crippen LogP contribution in [0.25, 0.3) is 0 Å². The fourth-order valence-corrected chi connectivity index (χ4v) is 3.37. The number of amides is 1. The third kappa shape index (κ3) is 3.59. The van der Waals surface area contributed by atoms with E-state index in [0.717, 1.165) is 29.2 Å². The van der Waals surface area contributed by atoms with Crippen LogP contribution in [0.3, 0.4) is 0 Å². The fraction of sp³-hybridized carbons (Fsp3) is 0.389. The van der Waals surface area contributed by atoms with E-state index in [0.29, 0.717) is 12.3 Å². The lowest BCUT2D eigenvalue weighted by Crippen LogP contribution is -2.37. The molecule has 2 aromatic rings. The Balaban J connectivity index is 1.75. The van der Waals surface area contributed by atoms with Gasteiger partial charge in [-0.15, -0.1) is 0 Å². The van der Waals surface area contributed by atoms with Gasteiger partial charge in [-0.2, -0.15) is 0 Å². The number of nitrogens with one attached hydrogen (secondary N) is 1. The molecule has 1 saturated heterocycles. The first kappa shape index (κ1) is 16.1. The molecule has 0 unspecified atom stereocenters. The molecule has 122 valence electrons. The Labute approximate surface area is 141 Å². The van der Waals surface area contributed by atoms with Crippen molar-refractivity contribution in [1.82, 2.24) is 10.2 Å². The summed E-state index contributed by atoms with van der Waals surface area (Å²) in [6.07, 6.45) is 3.91. The predicted molar refractivity (Wildman–Crippen MR) is 90.8 cm³/mol. The normalized spacial score (nSPS) is 16.4. The third-order valence-corrected chi connectivity index (χ3v) is 4.71. The number of furan rings is 1. The minimum Gasteiger partial charge on any atom is -0.459 e. The highest BCUT2D eigenvalue weighted by Crippen LogP contribution is 2.29. The molecule has 1 atom stereocenters. The summed E-state index contributed by atoms with van der Waals surface area (Å²) < 4.78 is 5.26. The lowest BCUT2D eigenvalue weighted by atomic mass is 10.1. The predicted octanol–water partition coefficient (Wildman–Crippen LogP) is 3.81. The van der Waals surface area contributed by atoms with Crippen LogP contribution >= 0.6 is 11.6 Å². The number of carbonyl (C=O) groups is 1. The topological polar surface area (TPSA) is 45.5 Å². The van der Waals surface area contributed by atoms with Crippen molar-refractivity contribution in [3.05, 3.63) is 58.5 Å². The largest absolute Gasteiger partial charge is 0.459 e. The second-order valence-electron chi connectivity index (χ2n) is 5.92. The Bertz CT molecular complexity index is 677. The number of likely N-dealkylation sites (tertiary alicyclic amines) is 1. The highest BCUT2D eigenvalue weighted by atomic mass is 35.5. The number of aryl methyl sites for hydroxylation is 1. The summed E-state index contributed by atoms with van der Waals surface area (Å²) in [6, 6.07) is 9.74. The van der Waals surface area contributed by atoms with Crippen LogP contribution in [0.15, 0.2) is 41.0 Å². The van der Waals surface area contributed by atoms with Crippen LogP contribution in [0, 0.1) is 6.92 Å². The van der Waals surface area contributed by atoms with E-state index in [-0.39, 0.29) is 11.9 Å². The van der Waals surface area contributed by atoms with Crippen molar-refractivity contribution in [3.8, 4) is 0 Å². The molecule has 4 nitrogen and oxygen atoms in total. The van der Waals surface area contributed by atoms with E-state index in [4.69, 9.17) is 16.0 Å². The van der Waals surface area contributed by atoms with Gasteiger partial charge in [0.05, 0.1) is 12.3 Å². The number of carbonyl (C=O) groups excluding carboxylic acids is 1. The molecule has 1 aliphatic rings. The summed E-state index contributed by atoms with van der Waals surface area (Å²) in [5, 5.41) is 3.74. The molecular formula is C18H21ClN2O2. The van der Waals surface area contributed by atoms with E-state index in [1.807, 2.05) is 31.2 Å². The van der Waals surface area contributed by atoms with Crippen LogP contribution in [0.2, 0.25) is 5.02 Å². The SMILES string of the molecule is Cc1ccoc1C(=O)NC[C@H](c1ccccc1Cl)N1CCCC1. The average molecular weight is 333 g/mol. The van der Waals surface area contributed by atoms with Gasteiger partial charge in [-0.25, -0.2) is 0 Å². The van der Waals surface area contributed by atoms with Gasteiger partial charge in [-0.05, 0) is 50.6 Å². The van der Waals surface area contributed by atoms with Crippen molar-refractivity contribution in [2.45, 2.75) is 25.8 Å². The lowest BCUT2D eigenvalue weighted by molar-refractivity contribution is 0.0909. The van der Waals surface area contributed by atoms with Gasteiger partial charge in [0.25, 0.3) is 5.91 Å². The maximum atomic E-state index is 12.3. The molecule has 2 heterocycles. The van der Waals surface area contributed by atoms with Gasteiger partial charge in [0.2, 0.25) is 0 Å². The molecule has 0 bridgehead atoms. The molecule has 3 rings (SSSR count). The highest BCUT2D eigenvalue weighted by Gasteiger charge is 2.26. The Morgan fingerprint density at radius 3 is 2.70 bits per heavy atom. The van der Waals surface area contributed by atoms with Gasteiger partial charge in [-0.3, -0.25) is 9.69 Å². The zero-order valence-corrected chi connectivity index (χ0v) is 14.0. The third-order valence-electron chi connectivity index (χ3n) is 4.37. The minimum atomic E-state index is -0.177. The molecule has 23 heavy (non-hydrogen) atoms. The number of nitrogens with zero attached hydrogens (tertiary/aromatic N) is 1. The lowest BCUT2D eigenvalue weighted by Gasteiger charge is -2.28. The van der Waals surface area contributed by atoms with E-state index in [1.165, 1.54) is 19.1 Å². The zero-order valence-electron chi connectivity index (χ0n) is 13.2.